The zero-order chi connectivity index (χ0) is 21.1. The van der Waals surface area contributed by atoms with E-state index >= 15 is 0 Å². The monoisotopic (exact) mass is 443 g/mol. The van der Waals surface area contributed by atoms with Gasteiger partial charge in [-0.05, 0) is 37.3 Å². The molecule has 0 amide bonds. The smallest absolute Gasteiger partial charge is 0.124 e. The van der Waals surface area contributed by atoms with E-state index in [9.17, 15) is 0 Å². The number of aliphatic hydroxyl groups is 1. The Balaban J connectivity index is 1.57. The van der Waals surface area contributed by atoms with E-state index in [1.807, 2.05) is 43.5 Å². The lowest BCUT2D eigenvalue weighted by Crippen LogP contribution is -2.05. The second kappa shape index (κ2) is 8.87. The molecule has 3 heterocycles. The van der Waals surface area contributed by atoms with Crippen LogP contribution in [0.5, 0.6) is 5.75 Å². The number of H-pyrrole nitrogens is 1. The molecule has 30 heavy (non-hydrogen) atoms. The first-order valence-electron chi connectivity index (χ1n) is 9.30. The van der Waals surface area contributed by atoms with Crippen molar-refractivity contribution in [2.75, 3.05) is 6.61 Å². The van der Waals surface area contributed by atoms with E-state index in [0.29, 0.717) is 27.9 Å². The number of halogens is 2. The van der Waals surface area contributed by atoms with Crippen molar-refractivity contribution in [3.63, 3.8) is 0 Å². The Bertz CT molecular complexity index is 1180. The quantitative estimate of drug-likeness (QED) is 0.429. The average Bonchev–Trinajstić information content (AvgIpc) is 3.33. The molecule has 1 unspecified atom stereocenters. The fraction of sp³-hybridized carbons (Fsp3) is 0.190. The summed E-state index contributed by atoms with van der Waals surface area (Å²) in [5.41, 5.74) is 3.28. The third-order valence-electron chi connectivity index (χ3n) is 4.59. The molecule has 0 saturated heterocycles. The summed E-state index contributed by atoms with van der Waals surface area (Å²) >= 11 is 12.5. The van der Waals surface area contributed by atoms with Gasteiger partial charge in [0.05, 0.1) is 40.6 Å². The molecule has 7 nitrogen and oxygen atoms in total. The number of pyridine rings is 1. The maximum atomic E-state index is 9.00. The first-order chi connectivity index (χ1) is 14.5. The molecule has 2 N–H and O–H groups in total. The Kier molecular flexibility index (Phi) is 6.03. The lowest BCUT2D eigenvalue weighted by molar-refractivity contribution is 0.227. The molecule has 0 radical (unpaired) electrons. The maximum Gasteiger partial charge on any atom is 0.124 e. The molecule has 154 valence electrons. The molecule has 4 rings (SSSR count). The second-order valence-corrected chi connectivity index (χ2v) is 7.50. The van der Waals surface area contributed by atoms with Gasteiger partial charge < -0.3 is 9.84 Å². The van der Waals surface area contributed by atoms with Gasteiger partial charge in [-0.25, -0.2) is 0 Å². The maximum absolute atomic E-state index is 9.00. The van der Waals surface area contributed by atoms with Crippen molar-refractivity contribution in [1.82, 2.24) is 25.0 Å². The minimum atomic E-state index is -0.353. The summed E-state index contributed by atoms with van der Waals surface area (Å²) in [4.78, 5) is 3.98. The Labute approximate surface area is 182 Å². The van der Waals surface area contributed by atoms with Crippen LogP contribution in [-0.4, -0.2) is 36.7 Å². The lowest BCUT2D eigenvalue weighted by Gasteiger charge is -2.17. The minimum Gasteiger partial charge on any atom is -0.486 e. The number of nitrogens with zero attached hydrogens (tertiary/aromatic N) is 4. The largest absolute Gasteiger partial charge is 0.486 e. The molecule has 4 aromatic rings. The highest BCUT2D eigenvalue weighted by molar-refractivity contribution is 6.35. The van der Waals surface area contributed by atoms with Crippen LogP contribution in [0, 0.1) is 0 Å². The van der Waals surface area contributed by atoms with E-state index in [4.69, 9.17) is 33.0 Å². The van der Waals surface area contributed by atoms with Crippen molar-refractivity contribution < 1.29 is 9.84 Å². The summed E-state index contributed by atoms with van der Waals surface area (Å²) in [5, 5.41) is 22.4. The zero-order valence-corrected chi connectivity index (χ0v) is 17.6. The summed E-state index contributed by atoms with van der Waals surface area (Å²) < 4.78 is 7.77. The second-order valence-electron chi connectivity index (χ2n) is 6.69. The summed E-state index contributed by atoms with van der Waals surface area (Å²) in [6.45, 7) is 2.40. The first-order valence-corrected chi connectivity index (χ1v) is 10.1. The standard InChI is InChI=1S/C21H19Cl2N5O2/c1-13(21-17(22)10-24-11-18(21)23)30-15-3-5-20-16(8-15)19(26-27-20)4-2-14-9-25-28(12-14)6-7-29/h2-5,8-13,29H,6-7H2,1H3,(H,26,27). The molecule has 0 spiro atoms. The fourth-order valence-electron chi connectivity index (χ4n) is 3.15. The molecule has 0 aliphatic heterocycles. The summed E-state index contributed by atoms with van der Waals surface area (Å²) in [6, 6.07) is 5.70. The molecule has 1 aromatic carbocycles. The zero-order valence-electron chi connectivity index (χ0n) is 16.1. The summed E-state index contributed by atoms with van der Waals surface area (Å²) in [6.07, 6.45) is 10.2. The molecule has 1 atom stereocenters. The topological polar surface area (TPSA) is 88.8 Å². The van der Waals surface area contributed by atoms with Gasteiger partial charge >= 0.3 is 0 Å². The van der Waals surface area contributed by atoms with Gasteiger partial charge in [0.2, 0.25) is 0 Å². The lowest BCUT2D eigenvalue weighted by atomic mass is 10.1. The van der Waals surface area contributed by atoms with Crippen LogP contribution in [0.15, 0.2) is 43.0 Å². The van der Waals surface area contributed by atoms with Gasteiger partial charge in [-0.15, -0.1) is 0 Å². The van der Waals surface area contributed by atoms with Crippen molar-refractivity contribution in [3.05, 3.63) is 69.9 Å². The van der Waals surface area contributed by atoms with Gasteiger partial charge in [0.1, 0.15) is 11.9 Å². The van der Waals surface area contributed by atoms with Crippen molar-refractivity contribution in [2.45, 2.75) is 19.6 Å². The Morgan fingerprint density at radius 1 is 1.20 bits per heavy atom. The number of hydrogen-bond donors (Lipinski definition) is 2. The van der Waals surface area contributed by atoms with Gasteiger partial charge in [0.15, 0.2) is 0 Å². The first kappa shape index (κ1) is 20.4. The van der Waals surface area contributed by atoms with Crippen molar-refractivity contribution >= 4 is 46.3 Å². The van der Waals surface area contributed by atoms with Crippen LogP contribution in [-0.2, 0) is 6.54 Å². The molecule has 3 aromatic heterocycles. The van der Waals surface area contributed by atoms with Gasteiger partial charge in [0, 0.05) is 35.1 Å². The van der Waals surface area contributed by atoms with Crippen LogP contribution >= 0.6 is 23.2 Å². The summed E-state index contributed by atoms with van der Waals surface area (Å²) in [7, 11) is 0. The SMILES string of the molecule is CC(Oc1ccc2[nH]nc(C=Cc3cnn(CCO)c3)c2c1)c1c(Cl)cncc1Cl. The third kappa shape index (κ3) is 4.33. The normalized spacial score (nSPS) is 12.7. The number of benzene rings is 1. The Hall–Kier alpha value is -2.87. The van der Waals surface area contributed by atoms with Crippen LogP contribution in [0.1, 0.15) is 29.8 Å². The number of ether oxygens (including phenoxy) is 1. The predicted octanol–water partition coefficient (Wildman–Crippen LogP) is 4.76. The van der Waals surface area contributed by atoms with Crippen LogP contribution in [0.25, 0.3) is 23.1 Å². The van der Waals surface area contributed by atoms with Crippen LogP contribution in [0.3, 0.4) is 0 Å². The molecule has 0 saturated carbocycles. The summed E-state index contributed by atoms with van der Waals surface area (Å²) in [5.74, 6) is 0.672. The van der Waals surface area contributed by atoms with Gasteiger partial charge in [-0.3, -0.25) is 14.8 Å². The number of nitrogens with one attached hydrogen (secondary N) is 1. The highest BCUT2D eigenvalue weighted by Crippen LogP contribution is 2.33. The Morgan fingerprint density at radius 2 is 2.00 bits per heavy atom. The van der Waals surface area contributed by atoms with Crippen molar-refractivity contribution in [1.29, 1.82) is 0 Å². The van der Waals surface area contributed by atoms with Gasteiger partial charge in [0.25, 0.3) is 0 Å². The van der Waals surface area contributed by atoms with Crippen LogP contribution in [0.4, 0.5) is 0 Å². The Morgan fingerprint density at radius 3 is 2.77 bits per heavy atom. The molecule has 0 bridgehead atoms. The molecule has 0 aliphatic carbocycles. The average molecular weight is 444 g/mol. The number of aromatic amines is 1. The van der Waals surface area contributed by atoms with E-state index in [1.54, 1.807) is 23.3 Å². The minimum absolute atomic E-state index is 0.0476. The number of hydrogen-bond acceptors (Lipinski definition) is 5. The number of aliphatic hydroxyl groups excluding tert-OH is 1. The number of aromatic nitrogens is 5. The molecule has 0 aliphatic rings. The van der Waals surface area contributed by atoms with E-state index in [2.05, 4.69) is 20.3 Å². The number of fused-ring (bicyclic) bond motifs is 1. The fourth-order valence-corrected chi connectivity index (χ4v) is 3.82. The molecule has 9 heteroatoms. The van der Waals surface area contributed by atoms with Gasteiger partial charge in [-0.2, -0.15) is 10.2 Å². The molecular formula is C21H19Cl2N5O2. The molecule has 0 fully saturated rings. The third-order valence-corrected chi connectivity index (χ3v) is 5.19. The van der Waals surface area contributed by atoms with Crippen LogP contribution < -0.4 is 4.74 Å². The van der Waals surface area contributed by atoms with Crippen molar-refractivity contribution in [2.24, 2.45) is 0 Å². The van der Waals surface area contributed by atoms with E-state index < -0.39 is 0 Å². The number of rotatable bonds is 7. The van der Waals surface area contributed by atoms with Gasteiger partial charge in [-0.1, -0.05) is 23.2 Å². The van der Waals surface area contributed by atoms with E-state index in [0.717, 1.165) is 22.2 Å². The van der Waals surface area contributed by atoms with Crippen LogP contribution in [0.2, 0.25) is 10.0 Å². The highest BCUT2D eigenvalue weighted by Gasteiger charge is 2.16. The van der Waals surface area contributed by atoms with E-state index in [1.165, 1.54) is 0 Å². The molecular weight excluding hydrogens is 425 g/mol. The highest BCUT2D eigenvalue weighted by atomic mass is 35.5. The van der Waals surface area contributed by atoms with Crippen molar-refractivity contribution in [3.8, 4) is 5.75 Å². The van der Waals surface area contributed by atoms with E-state index in [-0.39, 0.29) is 12.7 Å². The predicted molar refractivity (Wildman–Crippen MR) is 118 cm³/mol.